The van der Waals surface area contributed by atoms with Crippen molar-refractivity contribution in [2.45, 2.75) is 0 Å². The van der Waals surface area contributed by atoms with Gasteiger partial charge >= 0.3 is 0 Å². The number of nitrogen functional groups attached to an aromatic ring is 1. The number of nitrogens with one attached hydrogen (secondary N) is 2. The minimum Gasteiger partial charge on any atom is -0.431 e. The molecule has 1 aliphatic rings. The first-order valence-corrected chi connectivity index (χ1v) is 9.36. The molecule has 1 aromatic heterocycles. The molecule has 1 amide bonds. The third-order valence-electron chi connectivity index (χ3n) is 4.65. The number of nitrogens with zero attached hydrogens (tertiary/aromatic N) is 2. The molecule has 2 heterocycles. The summed E-state index contributed by atoms with van der Waals surface area (Å²) in [5, 5.41) is 6.54. The zero-order valence-corrected chi connectivity index (χ0v) is 15.9. The van der Waals surface area contributed by atoms with Crippen LogP contribution in [0.25, 0.3) is 11.1 Å². The van der Waals surface area contributed by atoms with Crippen molar-refractivity contribution < 1.29 is 9.21 Å². The molecule has 2 aromatic carbocycles. The zero-order chi connectivity index (χ0) is 19.5. The summed E-state index contributed by atoms with van der Waals surface area (Å²) in [6.45, 7) is 4.00. The number of nitrogens with two attached hydrogens (primary N) is 1. The fourth-order valence-corrected chi connectivity index (χ4v) is 3.33. The van der Waals surface area contributed by atoms with Crippen LogP contribution in [0.15, 0.2) is 53.1 Å². The quantitative estimate of drug-likeness (QED) is 0.625. The Morgan fingerprint density at radius 3 is 2.54 bits per heavy atom. The predicted octanol–water partition coefficient (Wildman–Crippen LogP) is 3.24. The van der Waals surface area contributed by atoms with Crippen LogP contribution < -0.4 is 21.3 Å². The van der Waals surface area contributed by atoms with Crippen LogP contribution in [0.1, 0.15) is 10.5 Å². The Hall–Kier alpha value is -3.03. The molecule has 144 valence electrons. The van der Waals surface area contributed by atoms with Gasteiger partial charge in [0.15, 0.2) is 5.69 Å². The summed E-state index contributed by atoms with van der Waals surface area (Å²) >= 11 is 6.25. The summed E-state index contributed by atoms with van der Waals surface area (Å²) in [6.07, 6.45) is 1.21. The Morgan fingerprint density at radius 2 is 1.86 bits per heavy atom. The van der Waals surface area contributed by atoms with E-state index in [4.69, 9.17) is 21.8 Å². The zero-order valence-electron chi connectivity index (χ0n) is 15.1. The summed E-state index contributed by atoms with van der Waals surface area (Å²) in [5.41, 5.74) is 9.20. The smallest absolute Gasteiger partial charge is 0.292 e. The first-order valence-electron chi connectivity index (χ1n) is 8.98. The Labute approximate surface area is 167 Å². The van der Waals surface area contributed by atoms with Gasteiger partial charge < -0.3 is 25.7 Å². The third kappa shape index (κ3) is 3.95. The summed E-state index contributed by atoms with van der Waals surface area (Å²) < 4.78 is 4.87. The predicted molar refractivity (Wildman–Crippen MR) is 111 cm³/mol. The average Bonchev–Trinajstić information content (AvgIpc) is 3.17. The van der Waals surface area contributed by atoms with Gasteiger partial charge in [0.2, 0.25) is 0 Å². The maximum atomic E-state index is 12.3. The normalized spacial score (nSPS) is 14.1. The maximum Gasteiger partial charge on any atom is 0.292 e. The molecule has 7 nitrogen and oxygen atoms in total. The van der Waals surface area contributed by atoms with Gasteiger partial charge in [0.1, 0.15) is 6.26 Å². The number of carbonyl (C=O) groups excluding carboxylic acids is 1. The summed E-state index contributed by atoms with van der Waals surface area (Å²) in [7, 11) is 0. The van der Waals surface area contributed by atoms with Gasteiger partial charge in [0.05, 0.1) is 10.7 Å². The Kier molecular flexibility index (Phi) is 5.18. The lowest BCUT2D eigenvalue weighted by molar-refractivity contribution is 0.102. The maximum absolute atomic E-state index is 12.3. The topological polar surface area (TPSA) is 96.4 Å². The highest BCUT2D eigenvalue weighted by atomic mass is 35.5. The number of piperazine rings is 1. The fraction of sp³-hybridized carbons (Fsp3) is 0.200. The summed E-state index contributed by atoms with van der Waals surface area (Å²) in [6, 6.07) is 13.8. The number of anilines is 3. The number of halogens is 1. The molecule has 3 aromatic rings. The molecule has 1 saturated heterocycles. The SMILES string of the molecule is Nc1nc(C(=O)Nc2cc(-c3ccc(N4CCNCC4)cc3)ccc2Cl)co1. The lowest BCUT2D eigenvalue weighted by Crippen LogP contribution is -2.43. The van der Waals surface area contributed by atoms with Crippen LogP contribution in [-0.2, 0) is 0 Å². The number of amides is 1. The van der Waals surface area contributed by atoms with Gasteiger partial charge in [0.25, 0.3) is 11.9 Å². The molecule has 4 rings (SSSR count). The van der Waals surface area contributed by atoms with Crippen molar-refractivity contribution in [1.82, 2.24) is 10.3 Å². The van der Waals surface area contributed by atoms with Crippen LogP contribution in [-0.4, -0.2) is 37.1 Å². The van der Waals surface area contributed by atoms with Crippen LogP contribution in [0.3, 0.4) is 0 Å². The highest BCUT2D eigenvalue weighted by Gasteiger charge is 2.14. The Balaban J connectivity index is 1.53. The van der Waals surface area contributed by atoms with Gasteiger partial charge in [0, 0.05) is 31.9 Å². The van der Waals surface area contributed by atoms with Gasteiger partial charge in [-0.1, -0.05) is 29.8 Å². The van der Waals surface area contributed by atoms with E-state index in [0.717, 1.165) is 37.3 Å². The number of hydrogen-bond donors (Lipinski definition) is 3. The molecule has 0 bridgehead atoms. The molecular weight excluding hydrogens is 378 g/mol. The van der Waals surface area contributed by atoms with Crippen molar-refractivity contribution in [1.29, 1.82) is 0 Å². The molecule has 0 atom stereocenters. The van der Waals surface area contributed by atoms with Crippen LogP contribution in [0.5, 0.6) is 0 Å². The molecule has 0 radical (unpaired) electrons. The molecule has 0 spiro atoms. The van der Waals surface area contributed by atoms with Crippen molar-refractivity contribution >= 4 is 34.9 Å². The minimum atomic E-state index is -0.437. The molecule has 4 N–H and O–H groups in total. The summed E-state index contributed by atoms with van der Waals surface area (Å²) in [5.74, 6) is -0.437. The van der Waals surface area contributed by atoms with Crippen molar-refractivity contribution in [2.24, 2.45) is 0 Å². The highest BCUT2D eigenvalue weighted by Crippen LogP contribution is 2.30. The minimum absolute atomic E-state index is 0.0606. The number of aromatic nitrogens is 1. The summed E-state index contributed by atoms with van der Waals surface area (Å²) in [4.78, 5) is 18.5. The lowest BCUT2D eigenvalue weighted by Gasteiger charge is -2.29. The molecule has 0 unspecified atom stereocenters. The second-order valence-electron chi connectivity index (χ2n) is 6.50. The van der Waals surface area contributed by atoms with Crippen molar-refractivity contribution in [3.8, 4) is 11.1 Å². The average molecular weight is 398 g/mol. The van der Waals surface area contributed by atoms with Crippen molar-refractivity contribution in [3.05, 3.63) is 59.4 Å². The van der Waals surface area contributed by atoms with Crippen LogP contribution in [0.2, 0.25) is 5.02 Å². The Morgan fingerprint density at radius 1 is 1.14 bits per heavy atom. The number of benzene rings is 2. The first kappa shape index (κ1) is 18.3. The lowest BCUT2D eigenvalue weighted by atomic mass is 10.0. The van der Waals surface area contributed by atoms with Gasteiger partial charge in [-0.2, -0.15) is 4.98 Å². The second kappa shape index (κ2) is 7.92. The monoisotopic (exact) mass is 397 g/mol. The second-order valence-corrected chi connectivity index (χ2v) is 6.91. The number of carbonyl (C=O) groups is 1. The van der Waals surface area contributed by atoms with E-state index < -0.39 is 5.91 Å². The molecule has 0 saturated carbocycles. The largest absolute Gasteiger partial charge is 0.431 e. The number of oxazole rings is 1. The van der Waals surface area contributed by atoms with Crippen molar-refractivity contribution in [2.75, 3.05) is 42.1 Å². The molecule has 0 aliphatic carbocycles. The molecule has 28 heavy (non-hydrogen) atoms. The molecule has 1 aliphatic heterocycles. The van der Waals surface area contributed by atoms with E-state index in [1.165, 1.54) is 12.0 Å². The van der Waals surface area contributed by atoms with E-state index in [9.17, 15) is 4.79 Å². The standard InChI is InChI=1S/C20H20ClN5O2/c21-16-6-3-14(11-17(16)24-19(27)18-12-28-20(22)25-18)13-1-4-15(5-2-13)26-9-7-23-8-10-26/h1-6,11-12,23H,7-10H2,(H2,22,25)(H,24,27). The fourth-order valence-electron chi connectivity index (χ4n) is 3.17. The third-order valence-corrected chi connectivity index (χ3v) is 4.98. The van der Waals surface area contributed by atoms with Crippen molar-refractivity contribution in [3.63, 3.8) is 0 Å². The van der Waals surface area contributed by atoms with Crippen LogP contribution in [0, 0.1) is 0 Å². The van der Waals surface area contributed by atoms with Gasteiger partial charge in [-0.25, -0.2) is 0 Å². The molecule has 8 heteroatoms. The van der Waals surface area contributed by atoms with E-state index in [0.29, 0.717) is 10.7 Å². The van der Waals surface area contributed by atoms with Gasteiger partial charge in [-0.05, 0) is 35.4 Å². The van der Waals surface area contributed by atoms with E-state index in [1.807, 2.05) is 12.1 Å². The van der Waals surface area contributed by atoms with E-state index in [1.54, 1.807) is 6.07 Å². The number of rotatable bonds is 4. The molecular formula is C20H20ClN5O2. The van der Waals surface area contributed by atoms with E-state index in [2.05, 4.69) is 44.8 Å². The van der Waals surface area contributed by atoms with Crippen LogP contribution >= 0.6 is 11.6 Å². The highest BCUT2D eigenvalue weighted by molar-refractivity contribution is 6.34. The Bertz CT molecular complexity index is 981. The molecule has 1 fully saturated rings. The van der Waals surface area contributed by atoms with E-state index >= 15 is 0 Å². The van der Waals surface area contributed by atoms with Crippen LogP contribution in [0.4, 0.5) is 17.4 Å². The van der Waals surface area contributed by atoms with E-state index in [-0.39, 0.29) is 11.7 Å². The first-order chi connectivity index (χ1) is 13.6. The van der Waals surface area contributed by atoms with Gasteiger partial charge in [-0.15, -0.1) is 0 Å². The number of hydrogen-bond acceptors (Lipinski definition) is 6. The van der Waals surface area contributed by atoms with Gasteiger partial charge in [-0.3, -0.25) is 4.79 Å².